The predicted molar refractivity (Wildman–Crippen MR) is 94.0 cm³/mol. The van der Waals surface area contributed by atoms with Crippen LogP contribution in [0.5, 0.6) is 11.5 Å². The number of nitro groups is 1. The summed E-state index contributed by atoms with van der Waals surface area (Å²) in [7, 11) is 0. The van der Waals surface area contributed by atoms with E-state index >= 15 is 0 Å². The van der Waals surface area contributed by atoms with Crippen LogP contribution in [0.15, 0.2) is 60.8 Å². The highest BCUT2D eigenvalue weighted by atomic mass is 16.6. The molecule has 0 atom stereocenters. The second kappa shape index (κ2) is 9.73. The molecule has 0 heterocycles. The van der Waals surface area contributed by atoms with Crippen LogP contribution in [0.3, 0.4) is 0 Å². The van der Waals surface area contributed by atoms with Crippen molar-refractivity contribution in [3.63, 3.8) is 0 Å². The Morgan fingerprint density at radius 1 is 0.885 bits per heavy atom. The summed E-state index contributed by atoms with van der Waals surface area (Å²) in [6, 6.07) is 15.0. The average Bonchev–Trinajstić information content (AvgIpc) is 2.62. The largest absolute Gasteiger partial charge is 0.427 e. The van der Waals surface area contributed by atoms with Crippen LogP contribution in [0.4, 0.5) is 0 Å². The topological polar surface area (TPSA) is 95.7 Å². The smallest absolute Gasteiger partial charge is 0.311 e. The predicted octanol–water partition coefficient (Wildman–Crippen LogP) is 3.62. The van der Waals surface area contributed by atoms with Crippen LogP contribution >= 0.6 is 0 Å². The minimum atomic E-state index is -0.559. The Bertz CT molecular complexity index is 783. The Hall–Kier alpha value is -3.48. The zero-order chi connectivity index (χ0) is 18.8. The minimum Gasteiger partial charge on any atom is -0.427 e. The Balaban J connectivity index is 1.71. The summed E-state index contributed by atoms with van der Waals surface area (Å²) in [5.74, 6) is -0.0802. The molecule has 0 saturated carbocycles. The standard InChI is InChI=1S/C19H17NO6/c21-18(25-16-5-2-1-3-6-16)7-4-8-19(22)26-17-11-9-15(10-12-17)13-14-20(23)24/h1-3,5-6,9-14H,4,7-8H2/b14-13+. The molecule has 0 aliphatic heterocycles. The van der Waals surface area contributed by atoms with Gasteiger partial charge in [0.1, 0.15) is 11.5 Å². The summed E-state index contributed by atoms with van der Waals surface area (Å²) in [5.41, 5.74) is 0.616. The van der Waals surface area contributed by atoms with Crippen LogP contribution in [-0.4, -0.2) is 16.9 Å². The SMILES string of the molecule is O=C(CCCC(=O)Oc1ccc(/C=C/[N+](=O)[O-])cc1)Oc1ccccc1. The minimum absolute atomic E-state index is 0.0763. The fourth-order valence-corrected chi connectivity index (χ4v) is 2.02. The van der Waals surface area contributed by atoms with E-state index in [0.29, 0.717) is 23.5 Å². The van der Waals surface area contributed by atoms with Crippen molar-refractivity contribution >= 4 is 18.0 Å². The molecule has 0 N–H and O–H groups in total. The van der Waals surface area contributed by atoms with Crippen molar-refractivity contribution in [2.45, 2.75) is 19.3 Å². The van der Waals surface area contributed by atoms with Crippen LogP contribution in [0.2, 0.25) is 0 Å². The molecule has 2 aromatic rings. The first kappa shape index (κ1) is 18.9. The molecule has 0 aliphatic rings. The van der Waals surface area contributed by atoms with Crippen molar-refractivity contribution in [3.05, 3.63) is 76.5 Å². The van der Waals surface area contributed by atoms with Crippen molar-refractivity contribution in [3.8, 4) is 11.5 Å². The third-order valence-electron chi connectivity index (χ3n) is 3.24. The van der Waals surface area contributed by atoms with Crippen molar-refractivity contribution in [1.82, 2.24) is 0 Å². The summed E-state index contributed by atoms with van der Waals surface area (Å²) in [4.78, 5) is 33.1. The van der Waals surface area contributed by atoms with Gasteiger partial charge in [-0.15, -0.1) is 0 Å². The summed E-state index contributed by atoms with van der Waals surface area (Å²) in [5, 5.41) is 10.3. The molecule has 0 unspecified atom stereocenters. The number of para-hydroxylation sites is 1. The second-order valence-electron chi connectivity index (χ2n) is 5.28. The van der Waals surface area contributed by atoms with Gasteiger partial charge in [0.25, 0.3) is 0 Å². The lowest BCUT2D eigenvalue weighted by Gasteiger charge is -2.05. The van der Waals surface area contributed by atoms with Gasteiger partial charge in [-0.1, -0.05) is 30.3 Å². The van der Waals surface area contributed by atoms with Gasteiger partial charge in [-0.3, -0.25) is 19.7 Å². The zero-order valence-electron chi connectivity index (χ0n) is 13.9. The first-order valence-electron chi connectivity index (χ1n) is 7.91. The lowest BCUT2D eigenvalue weighted by Crippen LogP contribution is -2.11. The molecule has 2 rings (SSSR count). The fraction of sp³-hybridized carbons (Fsp3) is 0.158. The molecule has 0 amide bonds. The van der Waals surface area contributed by atoms with Gasteiger partial charge in [-0.25, -0.2) is 0 Å². The first-order valence-corrected chi connectivity index (χ1v) is 7.91. The number of hydrogen-bond donors (Lipinski definition) is 0. The Kier molecular flexibility index (Phi) is 7.05. The molecule has 0 spiro atoms. The van der Waals surface area contributed by atoms with Gasteiger partial charge >= 0.3 is 11.9 Å². The van der Waals surface area contributed by atoms with E-state index < -0.39 is 16.9 Å². The quantitative estimate of drug-likeness (QED) is 0.311. The third-order valence-corrected chi connectivity index (χ3v) is 3.24. The maximum Gasteiger partial charge on any atom is 0.311 e. The van der Waals surface area contributed by atoms with E-state index in [-0.39, 0.29) is 12.8 Å². The van der Waals surface area contributed by atoms with Crippen LogP contribution in [0.1, 0.15) is 24.8 Å². The number of benzene rings is 2. The van der Waals surface area contributed by atoms with Crippen LogP contribution < -0.4 is 9.47 Å². The van der Waals surface area contributed by atoms with E-state index in [1.54, 1.807) is 48.5 Å². The molecule has 0 fully saturated rings. The van der Waals surface area contributed by atoms with Gasteiger partial charge in [0, 0.05) is 18.9 Å². The molecule has 134 valence electrons. The highest BCUT2D eigenvalue weighted by Gasteiger charge is 2.09. The van der Waals surface area contributed by atoms with Crippen molar-refractivity contribution < 1.29 is 24.0 Å². The van der Waals surface area contributed by atoms with E-state index in [1.165, 1.54) is 6.08 Å². The maximum absolute atomic E-state index is 11.8. The fourth-order valence-electron chi connectivity index (χ4n) is 2.02. The molecular weight excluding hydrogens is 338 g/mol. The molecule has 7 nitrogen and oxygen atoms in total. The molecule has 7 heteroatoms. The van der Waals surface area contributed by atoms with E-state index in [9.17, 15) is 19.7 Å². The van der Waals surface area contributed by atoms with E-state index in [4.69, 9.17) is 9.47 Å². The molecule has 26 heavy (non-hydrogen) atoms. The van der Waals surface area contributed by atoms with Crippen molar-refractivity contribution in [1.29, 1.82) is 0 Å². The van der Waals surface area contributed by atoms with Crippen LogP contribution in [0, 0.1) is 10.1 Å². The number of nitrogens with zero attached hydrogens (tertiary/aromatic N) is 1. The average molecular weight is 355 g/mol. The summed E-state index contributed by atoms with van der Waals surface area (Å²) >= 11 is 0. The van der Waals surface area contributed by atoms with Crippen LogP contribution in [-0.2, 0) is 9.59 Å². The molecule has 0 radical (unpaired) electrons. The zero-order valence-corrected chi connectivity index (χ0v) is 13.9. The van der Waals surface area contributed by atoms with Crippen molar-refractivity contribution in [2.75, 3.05) is 0 Å². The lowest BCUT2D eigenvalue weighted by molar-refractivity contribution is -0.400. The maximum atomic E-state index is 11.8. The second-order valence-corrected chi connectivity index (χ2v) is 5.28. The monoisotopic (exact) mass is 355 g/mol. The van der Waals surface area contributed by atoms with E-state index in [0.717, 1.165) is 6.20 Å². The van der Waals surface area contributed by atoms with Gasteiger partial charge in [0.15, 0.2) is 0 Å². The van der Waals surface area contributed by atoms with E-state index in [1.807, 2.05) is 6.07 Å². The number of carbonyl (C=O) groups excluding carboxylic acids is 2. The lowest BCUT2D eigenvalue weighted by atomic mass is 10.2. The number of hydrogen-bond acceptors (Lipinski definition) is 6. The summed E-state index contributed by atoms with van der Waals surface area (Å²) < 4.78 is 10.3. The van der Waals surface area contributed by atoms with Gasteiger partial charge in [-0.2, -0.15) is 0 Å². The molecule has 0 aliphatic carbocycles. The Morgan fingerprint density at radius 2 is 1.42 bits per heavy atom. The molecule has 0 bridgehead atoms. The molecule has 0 saturated heterocycles. The van der Waals surface area contributed by atoms with Gasteiger partial charge in [0.05, 0.1) is 4.92 Å². The number of carbonyl (C=O) groups is 2. The Morgan fingerprint density at radius 3 is 1.96 bits per heavy atom. The number of rotatable bonds is 8. The Labute approximate surface area is 150 Å². The van der Waals surface area contributed by atoms with Crippen LogP contribution in [0.25, 0.3) is 6.08 Å². The molecular formula is C19H17NO6. The van der Waals surface area contributed by atoms with Gasteiger partial charge in [0.2, 0.25) is 6.20 Å². The number of esters is 2. The number of ether oxygens (including phenoxy) is 2. The van der Waals surface area contributed by atoms with Crippen molar-refractivity contribution in [2.24, 2.45) is 0 Å². The third kappa shape index (κ3) is 6.96. The summed E-state index contributed by atoms with van der Waals surface area (Å²) in [6.45, 7) is 0. The molecule has 2 aromatic carbocycles. The first-order chi connectivity index (χ1) is 12.5. The van der Waals surface area contributed by atoms with Gasteiger partial charge in [-0.05, 0) is 36.2 Å². The molecule has 0 aromatic heterocycles. The normalized spacial score (nSPS) is 10.5. The summed E-state index contributed by atoms with van der Waals surface area (Å²) in [6.07, 6.45) is 2.66. The highest BCUT2D eigenvalue weighted by molar-refractivity contribution is 5.75. The van der Waals surface area contributed by atoms with Gasteiger partial charge < -0.3 is 9.47 Å². The van der Waals surface area contributed by atoms with E-state index in [2.05, 4.69) is 0 Å². The highest BCUT2D eigenvalue weighted by Crippen LogP contribution is 2.15.